The molecule has 1 aliphatic rings. The molecule has 0 unspecified atom stereocenters. The van der Waals surface area contributed by atoms with Gasteiger partial charge in [-0.3, -0.25) is 4.79 Å². The van der Waals surface area contributed by atoms with E-state index in [2.05, 4.69) is 34.1 Å². The first kappa shape index (κ1) is 16.3. The Balaban J connectivity index is 0.00000176. The fourth-order valence-electron chi connectivity index (χ4n) is 3.00. The number of nitrogens with zero attached hydrogens (tertiary/aromatic N) is 2. The third-order valence-electron chi connectivity index (χ3n) is 4.48. The number of fused-ring (bicyclic) bond motifs is 1. The van der Waals surface area contributed by atoms with Gasteiger partial charge in [-0.1, -0.05) is 13.8 Å². The van der Waals surface area contributed by atoms with E-state index in [1.165, 1.54) is 0 Å². The van der Waals surface area contributed by atoms with Crippen molar-refractivity contribution in [1.82, 2.24) is 20.3 Å². The number of rotatable bonds is 3. The number of halogens is 1. The van der Waals surface area contributed by atoms with E-state index >= 15 is 0 Å². The van der Waals surface area contributed by atoms with Crippen LogP contribution in [0, 0.1) is 0 Å². The number of nitrogen functional groups attached to an aromatic ring is 1. The van der Waals surface area contributed by atoms with Crippen molar-refractivity contribution >= 4 is 24.3 Å². The summed E-state index contributed by atoms with van der Waals surface area (Å²) in [6, 6.07) is 3.64. The Bertz CT molecular complexity index is 693. The summed E-state index contributed by atoms with van der Waals surface area (Å²) in [5.41, 5.74) is 8.81. The summed E-state index contributed by atoms with van der Waals surface area (Å²) in [6.07, 6.45) is 3.54. The van der Waals surface area contributed by atoms with Crippen molar-refractivity contribution in [3.8, 4) is 11.4 Å². The monoisotopic (exact) mass is 321 g/mol. The normalized spacial score (nSPS) is 15.6. The van der Waals surface area contributed by atoms with Crippen LogP contribution >= 0.6 is 12.4 Å². The average Bonchev–Trinajstić information content (AvgIpc) is 2.95. The number of nitrogens with one attached hydrogen (secondary N) is 2. The number of amides is 1. The number of anilines is 1. The highest BCUT2D eigenvalue weighted by molar-refractivity contribution is 5.98. The van der Waals surface area contributed by atoms with Gasteiger partial charge in [-0.05, 0) is 25.0 Å². The molecule has 2 aromatic rings. The molecule has 4 N–H and O–H groups in total. The van der Waals surface area contributed by atoms with Crippen LogP contribution in [0.3, 0.4) is 0 Å². The zero-order valence-corrected chi connectivity index (χ0v) is 13.5. The Hall–Kier alpha value is -2.08. The van der Waals surface area contributed by atoms with E-state index in [1.54, 1.807) is 12.3 Å². The smallest absolute Gasteiger partial charge is 0.253 e. The first-order valence-corrected chi connectivity index (χ1v) is 7.20. The van der Waals surface area contributed by atoms with Gasteiger partial charge in [0.2, 0.25) is 5.95 Å². The highest BCUT2D eigenvalue weighted by Gasteiger charge is 2.38. The molecule has 0 aromatic carbocycles. The third-order valence-corrected chi connectivity index (χ3v) is 4.48. The van der Waals surface area contributed by atoms with Crippen LogP contribution in [0.25, 0.3) is 11.4 Å². The van der Waals surface area contributed by atoms with Crippen molar-refractivity contribution in [3.05, 3.63) is 29.6 Å². The first-order chi connectivity index (χ1) is 10.1. The third kappa shape index (κ3) is 2.43. The lowest BCUT2D eigenvalue weighted by Gasteiger charge is -2.35. The van der Waals surface area contributed by atoms with Gasteiger partial charge < -0.3 is 16.0 Å². The molecule has 1 amide bonds. The SMILES string of the molecule is CCC1(CC)CNC(=O)c2cc(-c3ccnc(N)n3)[nH]c21.Cl. The number of H-pyrrole nitrogens is 1. The molecule has 0 atom stereocenters. The minimum absolute atomic E-state index is 0. The van der Waals surface area contributed by atoms with Crippen LogP contribution in [-0.2, 0) is 5.41 Å². The van der Waals surface area contributed by atoms with Crippen molar-refractivity contribution in [2.24, 2.45) is 0 Å². The van der Waals surface area contributed by atoms with Gasteiger partial charge in [0, 0.05) is 23.9 Å². The maximum atomic E-state index is 12.1. The molecule has 7 heteroatoms. The molecule has 3 rings (SSSR count). The van der Waals surface area contributed by atoms with Gasteiger partial charge in [0.25, 0.3) is 5.91 Å². The van der Waals surface area contributed by atoms with Crippen molar-refractivity contribution < 1.29 is 4.79 Å². The van der Waals surface area contributed by atoms with Gasteiger partial charge in [0.05, 0.1) is 17.0 Å². The molecule has 1 aliphatic heterocycles. The highest BCUT2D eigenvalue weighted by atomic mass is 35.5. The highest BCUT2D eigenvalue weighted by Crippen LogP contribution is 2.37. The molecule has 0 spiro atoms. The standard InChI is InChI=1S/C15H19N5O.ClH/c1-3-15(4-2)8-18-13(21)9-7-11(19-12(9)15)10-5-6-17-14(16)20-10;/h5-7,19H,3-4,8H2,1-2H3,(H,18,21)(H2,16,17,20);1H. The predicted octanol–water partition coefficient (Wildman–Crippen LogP) is 2.28. The fraction of sp³-hybridized carbons (Fsp3) is 0.400. The van der Waals surface area contributed by atoms with Crippen molar-refractivity contribution in [3.63, 3.8) is 0 Å². The minimum Gasteiger partial charge on any atom is -0.368 e. The number of carbonyl (C=O) groups excluding carboxylic acids is 1. The van der Waals surface area contributed by atoms with Gasteiger partial charge in [0.1, 0.15) is 0 Å². The molecule has 6 nitrogen and oxygen atoms in total. The minimum atomic E-state index is -0.0416. The van der Waals surface area contributed by atoms with Crippen molar-refractivity contribution in [1.29, 1.82) is 0 Å². The summed E-state index contributed by atoms with van der Waals surface area (Å²) in [5.74, 6) is 0.189. The molecule has 0 saturated heterocycles. The molecule has 118 valence electrons. The van der Waals surface area contributed by atoms with Crippen LogP contribution in [-0.4, -0.2) is 27.4 Å². The summed E-state index contributed by atoms with van der Waals surface area (Å²) in [4.78, 5) is 23.6. The summed E-state index contributed by atoms with van der Waals surface area (Å²) >= 11 is 0. The van der Waals surface area contributed by atoms with E-state index in [-0.39, 0.29) is 29.7 Å². The molecule has 0 aliphatic carbocycles. The molecular formula is C15H20ClN5O. The topological polar surface area (TPSA) is 96.7 Å². The number of aromatic amines is 1. The second-order valence-corrected chi connectivity index (χ2v) is 5.44. The second-order valence-electron chi connectivity index (χ2n) is 5.44. The largest absolute Gasteiger partial charge is 0.368 e. The Morgan fingerprint density at radius 2 is 2.09 bits per heavy atom. The molecule has 0 radical (unpaired) electrons. The van der Waals surface area contributed by atoms with E-state index < -0.39 is 0 Å². The van der Waals surface area contributed by atoms with E-state index in [0.717, 1.165) is 24.2 Å². The van der Waals surface area contributed by atoms with Gasteiger partial charge in [-0.15, -0.1) is 12.4 Å². The number of nitrogens with two attached hydrogens (primary N) is 1. The number of hydrogen-bond donors (Lipinski definition) is 3. The lowest BCUT2D eigenvalue weighted by Crippen LogP contribution is -2.46. The zero-order chi connectivity index (χ0) is 15.0. The Morgan fingerprint density at radius 1 is 1.36 bits per heavy atom. The summed E-state index contributed by atoms with van der Waals surface area (Å²) in [6.45, 7) is 4.96. The predicted molar refractivity (Wildman–Crippen MR) is 88.1 cm³/mol. The summed E-state index contributed by atoms with van der Waals surface area (Å²) in [7, 11) is 0. The van der Waals surface area contributed by atoms with E-state index in [9.17, 15) is 4.79 Å². The molecule has 2 aromatic heterocycles. The van der Waals surface area contributed by atoms with Crippen LogP contribution in [0.2, 0.25) is 0 Å². The Morgan fingerprint density at radius 3 is 2.73 bits per heavy atom. The van der Waals surface area contributed by atoms with Crippen LogP contribution in [0.15, 0.2) is 18.3 Å². The lowest BCUT2D eigenvalue weighted by molar-refractivity contribution is 0.0921. The maximum absolute atomic E-state index is 12.1. The van der Waals surface area contributed by atoms with E-state index in [1.807, 2.05) is 6.07 Å². The van der Waals surface area contributed by atoms with Crippen molar-refractivity contribution in [2.45, 2.75) is 32.1 Å². The second kappa shape index (κ2) is 5.96. The molecule has 0 bridgehead atoms. The van der Waals surface area contributed by atoms with Crippen LogP contribution in [0.1, 0.15) is 42.7 Å². The average molecular weight is 322 g/mol. The van der Waals surface area contributed by atoms with Crippen molar-refractivity contribution in [2.75, 3.05) is 12.3 Å². The van der Waals surface area contributed by atoms with E-state index in [0.29, 0.717) is 17.8 Å². The molecular weight excluding hydrogens is 302 g/mol. The quantitative estimate of drug-likeness (QED) is 0.808. The van der Waals surface area contributed by atoms with Crippen LogP contribution in [0.4, 0.5) is 5.95 Å². The van der Waals surface area contributed by atoms with Gasteiger partial charge in [0.15, 0.2) is 0 Å². The van der Waals surface area contributed by atoms with E-state index in [4.69, 9.17) is 5.73 Å². The zero-order valence-electron chi connectivity index (χ0n) is 12.6. The number of carbonyl (C=O) groups is 1. The van der Waals surface area contributed by atoms with Gasteiger partial charge in [-0.25, -0.2) is 9.97 Å². The molecule has 22 heavy (non-hydrogen) atoms. The Kier molecular flexibility index (Phi) is 4.42. The number of hydrogen-bond acceptors (Lipinski definition) is 4. The Labute approximate surface area is 135 Å². The maximum Gasteiger partial charge on any atom is 0.253 e. The fourth-order valence-corrected chi connectivity index (χ4v) is 3.00. The molecule has 0 fully saturated rings. The van der Waals surface area contributed by atoms with Gasteiger partial charge >= 0.3 is 0 Å². The molecule has 3 heterocycles. The van der Waals surface area contributed by atoms with Crippen LogP contribution < -0.4 is 11.1 Å². The number of aromatic nitrogens is 3. The summed E-state index contributed by atoms with van der Waals surface area (Å²) < 4.78 is 0. The van der Waals surface area contributed by atoms with Crippen LogP contribution in [0.5, 0.6) is 0 Å². The summed E-state index contributed by atoms with van der Waals surface area (Å²) in [5, 5.41) is 2.99. The van der Waals surface area contributed by atoms with Gasteiger partial charge in [-0.2, -0.15) is 0 Å². The molecule has 0 saturated carbocycles. The lowest BCUT2D eigenvalue weighted by atomic mass is 9.75. The first-order valence-electron chi connectivity index (χ1n) is 7.20.